The summed E-state index contributed by atoms with van der Waals surface area (Å²) in [5.41, 5.74) is -1.96. The molecular weight excluding hydrogens is 482 g/mol. The summed E-state index contributed by atoms with van der Waals surface area (Å²) in [6.07, 6.45) is -2.15. The molecule has 0 fully saturated rings. The standard InChI is InChI=1S/C24H23F4N5O3/c1-12-18(20(34)22(36)32-23(3,4)17-8-9-29-11-30-17)13(2)33(5)19(12)21(35)31-14-6-7-16(25)15(10-14)24(26,27)28/h6-11H,1-5H3,(H,31,35)(H,32,36). The van der Waals surface area contributed by atoms with Crippen molar-refractivity contribution in [3.05, 3.63) is 76.4 Å². The van der Waals surface area contributed by atoms with Crippen LogP contribution in [0.4, 0.5) is 23.2 Å². The highest BCUT2D eigenvalue weighted by molar-refractivity contribution is 6.43. The van der Waals surface area contributed by atoms with E-state index in [1.54, 1.807) is 19.9 Å². The number of aromatic nitrogens is 3. The fraction of sp³-hybridized carbons (Fsp3) is 0.292. The van der Waals surface area contributed by atoms with E-state index >= 15 is 0 Å². The van der Waals surface area contributed by atoms with Gasteiger partial charge in [0.1, 0.15) is 17.8 Å². The van der Waals surface area contributed by atoms with Crippen molar-refractivity contribution in [3.63, 3.8) is 0 Å². The average molecular weight is 505 g/mol. The first kappa shape index (κ1) is 26.5. The summed E-state index contributed by atoms with van der Waals surface area (Å²) >= 11 is 0. The van der Waals surface area contributed by atoms with E-state index in [4.69, 9.17) is 0 Å². The monoisotopic (exact) mass is 505 g/mol. The van der Waals surface area contributed by atoms with Gasteiger partial charge in [-0.25, -0.2) is 14.4 Å². The van der Waals surface area contributed by atoms with Crippen LogP contribution in [0.15, 0.2) is 36.8 Å². The number of hydrogen-bond acceptors (Lipinski definition) is 5. The Hall–Kier alpha value is -4.09. The molecule has 0 unspecified atom stereocenters. The van der Waals surface area contributed by atoms with Crippen LogP contribution in [0.5, 0.6) is 0 Å². The summed E-state index contributed by atoms with van der Waals surface area (Å²) < 4.78 is 54.0. The van der Waals surface area contributed by atoms with E-state index in [2.05, 4.69) is 20.6 Å². The summed E-state index contributed by atoms with van der Waals surface area (Å²) in [5, 5.41) is 4.91. The molecule has 0 atom stereocenters. The van der Waals surface area contributed by atoms with Crippen LogP contribution in [0.1, 0.15) is 57.2 Å². The first-order chi connectivity index (χ1) is 16.6. The Morgan fingerprint density at radius 2 is 1.72 bits per heavy atom. The lowest BCUT2D eigenvalue weighted by atomic mass is 9.98. The number of halogens is 4. The second-order valence-electron chi connectivity index (χ2n) is 8.64. The van der Waals surface area contributed by atoms with Crippen LogP contribution < -0.4 is 10.6 Å². The lowest BCUT2D eigenvalue weighted by molar-refractivity contribution is -0.140. The molecule has 190 valence electrons. The van der Waals surface area contributed by atoms with Gasteiger partial charge in [0.2, 0.25) is 0 Å². The van der Waals surface area contributed by atoms with Crippen molar-refractivity contribution < 1.29 is 31.9 Å². The van der Waals surface area contributed by atoms with Gasteiger partial charge >= 0.3 is 6.18 Å². The summed E-state index contributed by atoms with van der Waals surface area (Å²) in [6.45, 7) is 6.29. The van der Waals surface area contributed by atoms with Crippen LogP contribution >= 0.6 is 0 Å². The Morgan fingerprint density at radius 1 is 1.06 bits per heavy atom. The number of Topliss-reactive ketones (excluding diaryl/α,β-unsaturated/α-hetero) is 1. The Labute approximate surface area is 203 Å². The van der Waals surface area contributed by atoms with Crippen molar-refractivity contribution in [2.24, 2.45) is 7.05 Å². The van der Waals surface area contributed by atoms with Gasteiger partial charge in [-0.3, -0.25) is 14.4 Å². The molecule has 2 aromatic heterocycles. The van der Waals surface area contributed by atoms with Crippen LogP contribution in [-0.4, -0.2) is 32.1 Å². The van der Waals surface area contributed by atoms with Crippen molar-refractivity contribution in [1.82, 2.24) is 19.9 Å². The summed E-state index contributed by atoms with van der Waals surface area (Å²) in [4.78, 5) is 46.8. The molecule has 0 aliphatic rings. The van der Waals surface area contributed by atoms with Gasteiger partial charge in [0.15, 0.2) is 0 Å². The summed E-state index contributed by atoms with van der Waals surface area (Å²) in [7, 11) is 1.47. The Morgan fingerprint density at radius 3 is 2.31 bits per heavy atom. The molecule has 2 N–H and O–H groups in total. The quantitative estimate of drug-likeness (QED) is 0.298. The molecule has 3 rings (SSSR count). The maximum absolute atomic E-state index is 13.6. The number of benzene rings is 1. The zero-order valence-corrected chi connectivity index (χ0v) is 20.0. The van der Waals surface area contributed by atoms with Crippen LogP contribution in [-0.2, 0) is 23.6 Å². The van der Waals surface area contributed by atoms with Gasteiger partial charge in [-0.15, -0.1) is 0 Å². The van der Waals surface area contributed by atoms with Crippen molar-refractivity contribution in [3.8, 4) is 0 Å². The molecule has 3 aromatic rings. The molecular formula is C24H23F4N5O3. The molecule has 0 saturated heterocycles. The number of nitrogens with zero attached hydrogens (tertiary/aromatic N) is 3. The van der Waals surface area contributed by atoms with Crippen LogP contribution in [0.3, 0.4) is 0 Å². The third-order valence-corrected chi connectivity index (χ3v) is 5.76. The number of rotatable bonds is 6. The third-order valence-electron chi connectivity index (χ3n) is 5.76. The molecule has 2 amide bonds. The second-order valence-corrected chi connectivity index (χ2v) is 8.64. The number of nitrogens with one attached hydrogen (secondary N) is 2. The van der Waals surface area contributed by atoms with Gasteiger partial charge in [0.05, 0.1) is 22.4 Å². The lowest BCUT2D eigenvalue weighted by Gasteiger charge is -2.25. The molecule has 2 heterocycles. The highest BCUT2D eigenvalue weighted by Crippen LogP contribution is 2.33. The molecule has 36 heavy (non-hydrogen) atoms. The van der Waals surface area contributed by atoms with Crippen molar-refractivity contribution in [2.45, 2.75) is 39.4 Å². The molecule has 0 aliphatic heterocycles. The lowest BCUT2D eigenvalue weighted by Crippen LogP contribution is -2.45. The molecule has 0 spiro atoms. The SMILES string of the molecule is Cc1c(C(=O)C(=O)NC(C)(C)c2ccncn2)c(C)n(C)c1C(=O)Nc1ccc(F)c(C(F)(F)F)c1. The zero-order valence-electron chi connectivity index (χ0n) is 20.0. The predicted octanol–water partition coefficient (Wildman–Crippen LogP) is 4.08. The predicted molar refractivity (Wildman–Crippen MR) is 122 cm³/mol. The molecule has 12 heteroatoms. The van der Waals surface area contributed by atoms with Crippen molar-refractivity contribution in [2.75, 3.05) is 5.32 Å². The summed E-state index contributed by atoms with van der Waals surface area (Å²) in [5.74, 6) is -4.15. The van der Waals surface area contributed by atoms with Crippen molar-refractivity contribution >= 4 is 23.3 Å². The summed E-state index contributed by atoms with van der Waals surface area (Å²) in [6, 6.07) is 3.65. The van der Waals surface area contributed by atoms with E-state index in [1.807, 2.05) is 0 Å². The highest BCUT2D eigenvalue weighted by atomic mass is 19.4. The molecule has 0 radical (unpaired) electrons. The minimum atomic E-state index is -4.95. The first-order valence-corrected chi connectivity index (χ1v) is 10.6. The minimum absolute atomic E-state index is 0.0197. The second kappa shape index (κ2) is 9.51. The third kappa shape index (κ3) is 5.11. The topological polar surface area (TPSA) is 106 Å². The van der Waals surface area contributed by atoms with Crippen molar-refractivity contribution in [1.29, 1.82) is 0 Å². The minimum Gasteiger partial charge on any atom is -0.343 e. The van der Waals surface area contributed by atoms with E-state index in [1.165, 1.54) is 38.0 Å². The highest BCUT2D eigenvalue weighted by Gasteiger charge is 2.35. The first-order valence-electron chi connectivity index (χ1n) is 10.6. The van der Waals surface area contributed by atoms with E-state index < -0.39 is 40.7 Å². The van der Waals surface area contributed by atoms with Gasteiger partial charge in [0, 0.05) is 24.6 Å². The largest absolute Gasteiger partial charge is 0.419 e. The molecule has 8 nitrogen and oxygen atoms in total. The number of alkyl halides is 3. The molecule has 1 aromatic carbocycles. The fourth-order valence-corrected chi connectivity index (χ4v) is 3.82. The van der Waals surface area contributed by atoms with Gasteiger partial charge in [-0.1, -0.05) is 0 Å². The molecule has 0 saturated carbocycles. The van der Waals surface area contributed by atoms with Gasteiger partial charge in [0.25, 0.3) is 17.6 Å². The van der Waals surface area contributed by atoms with Crippen LogP contribution in [0.25, 0.3) is 0 Å². The van der Waals surface area contributed by atoms with Gasteiger partial charge in [-0.2, -0.15) is 13.2 Å². The van der Waals surface area contributed by atoms with E-state index in [-0.39, 0.29) is 22.5 Å². The number of carbonyl (C=O) groups is 3. The van der Waals surface area contributed by atoms with Crippen LogP contribution in [0.2, 0.25) is 0 Å². The molecule has 0 aliphatic carbocycles. The number of amides is 2. The Bertz CT molecular complexity index is 1350. The number of anilines is 1. The number of ketones is 1. The van der Waals surface area contributed by atoms with E-state index in [9.17, 15) is 31.9 Å². The van der Waals surface area contributed by atoms with E-state index in [0.717, 1.165) is 6.07 Å². The average Bonchev–Trinajstić information content (AvgIpc) is 3.02. The van der Waals surface area contributed by atoms with Gasteiger partial charge in [-0.05, 0) is 57.5 Å². The zero-order chi connectivity index (χ0) is 27.0. The smallest absolute Gasteiger partial charge is 0.343 e. The van der Waals surface area contributed by atoms with Gasteiger partial charge < -0.3 is 15.2 Å². The number of hydrogen-bond donors (Lipinski definition) is 2. The van der Waals surface area contributed by atoms with Crippen LogP contribution in [0, 0.1) is 19.7 Å². The van der Waals surface area contributed by atoms with E-state index in [0.29, 0.717) is 23.5 Å². The normalized spacial score (nSPS) is 11.8. The maximum atomic E-state index is 13.6. The Kier molecular flexibility index (Phi) is 7.01. The Balaban J connectivity index is 1.89. The number of carbonyl (C=O) groups excluding carboxylic acids is 3. The molecule has 0 bridgehead atoms. The fourth-order valence-electron chi connectivity index (χ4n) is 3.82. The maximum Gasteiger partial charge on any atom is 0.419 e.